The first-order chi connectivity index (χ1) is 22.3. The predicted octanol–water partition coefficient (Wildman–Crippen LogP) is 7.52. The van der Waals surface area contributed by atoms with Crippen molar-refractivity contribution in [3.8, 4) is 23.0 Å². The zero-order valence-electron chi connectivity index (χ0n) is 28.2. The monoisotopic (exact) mass is 658 g/mol. The summed E-state index contributed by atoms with van der Waals surface area (Å²) in [6, 6.07) is 10.4. The van der Waals surface area contributed by atoms with Gasteiger partial charge in [0.1, 0.15) is 11.5 Å². The number of aromatic nitrogens is 1. The normalized spacial score (nSPS) is 17.8. The third-order valence-electron chi connectivity index (χ3n) is 8.02. The average Bonchev–Trinajstić information content (AvgIpc) is 3.43. The first kappa shape index (κ1) is 37.2. The molecule has 0 radical (unpaired) electrons. The molecule has 2 aromatic carbocycles. The lowest BCUT2D eigenvalue weighted by molar-refractivity contribution is 0.139. The number of anilines is 1. The maximum absolute atomic E-state index is 12.1. The lowest BCUT2D eigenvalue weighted by Gasteiger charge is -2.25. The summed E-state index contributed by atoms with van der Waals surface area (Å²) >= 11 is 6.43. The molecule has 3 aromatic rings. The first-order valence-electron chi connectivity index (χ1n) is 16.2. The number of aliphatic hydroxyl groups excluding tert-OH is 1. The van der Waals surface area contributed by atoms with Gasteiger partial charge in [0.2, 0.25) is 0 Å². The number of ether oxygens (including phenoxy) is 4. The van der Waals surface area contributed by atoms with Crippen molar-refractivity contribution in [1.29, 1.82) is 0 Å². The van der Waals surface area contributed by atoms with E-state index in [9.17, 15) is 4.79 Å². The van der Waals surface area contributed by atoms with Crippen LogP contribution in [0.3, 0.4) is 0 Å². The number of rotatable bonds is 10. The zero-order chi connectivity index (χ0) is 33.5. The summed E-state index contributed by atoms with van der Waals surface area (Å²) in [7, 11) is 2.63. The Balaban J connectivity index is 0.00000139. The highest BCUT2D eigenvalue weighted by Gasteiger charge is 2.36. The molecule has 2 saturated heterocycles. The van der Waals surface area contributed by atoms with E-state index in [-0.39, 0.29) is 12.1 Å². The summed E-state index contributed by atoms with van der Waals surface area (Å²) < 4.78 is 23.8. The van der Waals surface area contributed by atoms with Crippen LogP contribution in [-0.4, -0.2) is 80.7 Å². The van der Waals surface area contributed by atoms with Crippen molar-refractivity contribution >= 4 is 34.2 Å². The maximum atomic E-state index is 12.1. The number of aliphatic hydroxyl groups is 1. The van der Waals surface area contributed by atoms with Gasteiger partial charge in [0.25, 0.3) is 0 Å². The van der Waals surface area contributed by atoms with Crippen LogP contribution in [0.1, 0.15) is 59.8 Å². The van der Waals surface area contributed by atoms with Crippen LogP contribution >= 0.6 is 11.6 Å². The topological polar surface area (TPSA) is 114 Å². The van der Waals surface area contributed by atoms with Gasteiger partial charge in [0, 0.05) is 50.0 Å². The van der Waals surface area contributed by atoms with Crippen LogP contribution in [-0.2, 0) is 4.74 Å². The largest absolute Gasteiger partial charge is 0.493 e. The number of likely N-dealkylation sites (tertiary alicyclic amines) is 1. The molecule has 0 bridgehead atoms. The second kappa shape index (κ2) is 18.7. The molecule has 2 aliphatic rings. The Morgan fingerprint density at radius 3 is 2.59 bits per heavy atom. The van der Waals surface area contributed by atoms with Crippen LogP contribution in [0.5, 0.6) is 23.0 Å². The SMILES string of the molecule is CC.CO.COc1cc2c(Oc3ccc(NC(=O)NC(C)C)c(Cl)c3)ccnc2cc1OCCCN1CCCC2(CCOC2)CC1. The molecule has 10 nitrogen and oxygen atoms in total. The number of amides is 2. The molecule has 2 fully saturated rings. The fourth-order valence-electron chi connectivity index (χ4n) is 5.75. The third-order valence-corrected chi connectivity index (χ3v) is 8.34. The summed E-state index contributed by atoms with van der Waals surface area (Å²) in [5.74, 6) is 2.41. The molecule has 46 heavy (non-hydrogen) atoms. The van der Waals surface area contributed by atoms with Gasteiger partial charge < -0.3 is 39.6 Å². The van der Waals surface area contributed by atoms with E-state index >= 15 is 0 Å². The average molecular weight is 659 g/mol. The molecule has 11 heteroatoms. The van der Waals surface area contributed by atoms with E-state index in [0.717, 1.165) is 57.3 Å². The number of fused-ring (bicyclic) bond motifs is 1. The van der Waals surface area contributed by atoms with Crippen molar-refractivity contribution in [2.45, 2.75) is 65.8 Å². The Morgan fingerprint density at radius 1 is 1.09 bits per heavy atom. The smallest absolute Gasteiger partial charge is 0.319 e. The van der Waals surface area contributed by atoms with Gasteiger partial charge in [0.05, 0.1) is 36.6 Å². The van der Waals surface area contributed by atoms with E-state index in [1.807, 2.05) is 39.8 Å². The molecular weight excluding hydrogens is 608 g/mol. The van der Waals surface area contributed by atoms with Crippen LogP contribution in [0.4, 0.5) is 10.5 Å². The number of nitrogens with zero attached hydrogens (tertiary/aromatic N) is 2. The molecule has 2 amide bonds. The van der Waals surface area contributed by atoms with E-state index < -0.39 is 0 Å². The molecule has 0 saturated carbocycles. The number of hydrogen-bond acceptors (Lipinski definition) is 8. The van der Waals surface area contributed by atoms with Gasteiger partial charge in [-0.3, -0.25) is 4.98 Å². The number of methoxy groups -OCH3 is 1. The van der Waals surface area contributed by atoms with E-state index in [4.69, 9.17) is 35.7 Å². The molecule has 1 aromatic heterocycles. The number of benzene rings is 2. The molecule has 2 aliphatic heterocycles. The predicted molar refractivity (Wildman–Crippen MR) is 185 cm³/mol. The fourth-order valence-corrected chi connectivity index (χ4v) is 5.96. The molecule has 5 rings (SSSR count). The molecule has 0 aliphatic carbocycles. The second-order valence-corrected chi connectivity index (χ2v) is 11.9. The van der Waals surface area contributed by atoms with Crippen LogP contribution < -0.4 is 24.8 Å². The number of pyridine rings is 1. The van der Waals surface area contributed by atoms with Gasteiger partial charge >= 0.3 is 6.03 Å². The van der Waals surface area contributed by atoms with Crippen LogP contribution in [0, 0.1) is 5.41 Å². The van der Waals surface area contributed by atoms with Crippen LogP contribution in [0.15, 0.2) is 42.6 Å². The van der Waals surface area contributed by atoms with Crippen LogP contribution in [0.2, 0.25) is 5.02 Å². The zero-order valence-corrected chi connectivity index (χ0v) is 28.9. The van der Waals surface area contributed by atoms with Gasteiger partial charge in [-0.05, 0) is 88.7 Å². The number of carbonyl (C=O) groups excluding carboxylic acids is 1. The number of urea groups is 1. The van der Waals surface area contributed by atoms with Crippen molar-refractivity contribution < 1.29 is 28.8 Å². The third kappa shape index (κ3) is 10.4. The van der Waals surface area contributed by atoms with Crippen molar-refractivity contribution in [2.24, 2.45) is 5.41 Å². The first-order valence-corrected chi connectivity index (χ1v) is 16.6. The minimum atomic E-state index is -0.319. The highest BCUT2D eigenvalue weighted by molar-refractivity contribution is 6.33. The summed E-state index contributed by atoms with van der Waals surface area (Å²) in [5.41, 5.74) is 1.64. The Hall–Kier alpha value is -3.31. The van der Waals surface area contributed by atoms with Gasteiger partial charge in [-0.25, -0.2) is 4.79 Å². The lowest BCUT2D eigenvalue weighted by atomic mass is 9.80. The van der Waals surface area contributed by atoms with E-state index in [1.54, 1.807) is 37.6 Å². The molecular formula is C35H51ClN4O6. The van der Waals surface area contributed by atoms with E-state index in [2.05, 4.69) is 20.5 Å². The molecule has 1 spiro atoms. The van der Waals surface area contributed by atoms with Gasteiger partial charge in [0.15, 0.2) is 11.5 Å². The summed E-state index contributed by atoms with van der Waals surface area (Å²) in [6.45, 7) is 13.5. The minimum Gasteiger partial charge on any atom is -0.493 e. The maximum Gasteiger partial charge on any atom is 0.319 e. The van der Waals surface area contributed by atoms with Gasteiger partial charge in [-0.1, -0.05) is 25.4 Å². The van der Waals surface area contributed by atoms with E-state index in [1.165, 1.54) is 25.7 Å². The number of halogens is 1. The summed E-state index contributed by atoms with van der Waals surface area (Å²) in [6.07, 6.45) is 7.59. The highest BCUT2D eigenvalue weighted by atomic mass is 35.5. The van der Waals surface area contributed by atoms with Gasteiger partial charge in [-0.2, -0.15) is 0 Å². The number of nitrogens with one attached hydrogen (secondary N) is 2. The Labute approximate surface area is 278 Å². The molecule has 1 atom stereocenters. The summed E-state index contributed by atoms with van der Waals surface area (Å²) in [4.78, 5) is 19.2. The Morgan fingerprint density at radius 2 is 1.89 bits per heavy atom. The van der Waals surface area contributed by atoms with Crippen molar-refractivity contribution in [1.82, 2.24) is 15.2 Å². The molecule has 254 valence electrons. The lowest BCUT2D eigenvalue weighted by Crippen LogP contribution is -2.34. The molecule has 3 N–H and O–H groups in total. The van der Waals surface area contributed by atoms with Crippen molar-refractivity contribution in [3.63, 3.8) is 0 Å². The summed E-state index contributed by atoms with van der Waals surface area (Å²) in [5, 5.41) is 13.7. The Bertz CT molecular complexity index is 1380. The minimum absolute atomic E-state index is 0.0129. The molecule has 1 unspecified atom stereocenters. The van der Waals surface area contributed by atoms with Crippen LogP contribution in [0.25, 0.3) is 10.9 Å². The van der Waals surface area contributed by atoms with Crippen molar-refractivity contribution in [3.05, 3.63) is 47.6 Å². The quantitative estimate of drug-likeness (QED) is 0.192. The Kier molecular flexibility index (Phi) is 15.1. The van der Waals surface area contributed by atoms with Gasteiger partial charge in [-0.15, -0.1) is 0 Å². The highest BCUT2D eigenvalue weighted by Crippen LogP contribution is 2.40. The second-order valence-electron chi connectivity index (χ2n) is 11.5. The molecule has 3 heterocycles. The fraction of sp³-hybridized carbons (Fsp3) is 0.543. The number of carbonyl (C=O) groups is 1. The van der Waals surface area contributed by atoms with E-state index in [0.29, 0.717) is 45.7 Å². The number of hydrogen-bond donors (Lipinski definition) is 3. The van der Waals surface area contributed by atoms with Crippen molar-refractivity contribution in [2.75, 3.05) is 59.0 Å². The standard InChI is InChI=1S/C32H41ClN4O5.C2H6.CH4O/c1-22(2)35-31(38)36-26-7-6-23(18-25(26)33)42-28-8-12-34-27-20-30(29(39-3)19-24(27)28)41-16-5-14-37-13-4-9-32(10-15-37)11-17-40-21-32;2*1-2/h6-8,12,18-20,22H,4-5,9-11,13-17,21H2,1-3H3,(H2,35,36,38);1-2H3;2H,1H3.